The smallest absolute Gasteiger partial charge is 0.247 e. The Bertz CT molecular complexity index is 1110. The number of aromatic nitrogens is 1. The molecule has 1 aromatic carbocycles. The highest BCUT2D eigenvalue weighted by Crippen LogP contribution is 2.34. The summed E-state index contributed by atoms with van der Waals surface area (Å²) in [4.78, 5) is 6.39. The summed E-state index contributed by atoms with van der Waals surface area (Å²) in [6.45, 7) is 5.19. The lowest BCUT2D eigenvalue weighted by Crippen LogP contribution is -2.49. The molecule has 0 radical (unpaired) electrons. The highest BCUT2D eigenvalue weighted by atomic mass is 32.2. The number of sulfonamides is 1. The minimum absolute atomic E-state index is 0.0805. The fourth-order valence-electron chi connectivity index (χ4n) is 3.91. The predicted octanol–water partition coefficient (Wildman–Crippen LogP) is 1.98. The number of hydrogen-bond donors (Lipinski definition) is 1. The largest absolute Gasteiger partial charge is 0.487 e. The van der Waals surface area contributed by atoms with Gasteiger partial charge in [-0.25, -0.2) is 8.42 Å². The van der Waals surface area contributed by atoms with Gasteiger partial charge in [-0.05, 0) is 43.8 Å². The van der Waals surface area contributed by atoms with E-state index in [1.165, 1.54) is 10.4 Å². The van der Waals surface area contributed by atoms with Gasteiger partial charge in [-0.1, -0.05) is 24.8 Å². The van der Waals surface area contributed by atoms with Gasteiger partial charge < -0.3 is 14.6 Å². The average molecular weight is 488 g/mol. The van der Waals surface area contributed by atoms with E-state index in [9.17, 15) is 13.5 Å². The van der Waals surface area contributed by atoms with E-state index in [0.717, 1.165) is 5.56 Å². The third-order valence-corrected chi connectivity index (χ3v) is 7.80. The second-order valence-corrected chi connectivity index (χ2v) is 10.6. The Labute approximate surface area is 202 Å². The first-order chi connectivity index (χ1) is 16.3. The summed E-state index contributed by atoms with van der Waals surface area (Å²) >= 11 is 0. The molecule has 3 atom stereocenters. The topological polar surface area (TPSA) is 92.2 Å². The molecule has 0 saturated heterocycles. The number of aliphatic hydroxyl groups excluding tert-OH is 1. The molecule has 2 aromatic rings. The highest BCUT2D eigenvalue weighted by molar-refractivity contribution is 7.89. The van der Waals surface area contributed by atoms with Crippen LogP contribution in [0.5, 0.6) is 5.75 Å². The maximum Gasteiger partial charge on any atom is 0.247 e. The van der Waals surface area contributed by atoms with Gasteiger partial charge in [0.05, 0.1) is 6.61 Å². The molecule has 0 bridgehead atoms. The molecule has 0 unspecified atom stereocenters. The normalized spacial score (nSPS) is 20.9. The minimum atomic E-state index is -3.88. The van der Waals surface area contributed by atoms with Crippen LogP contribution in [-0.4, -0.2) is 80.3 Å². The molecule has 0 fully saturated rings. The summed E-state index contributed by atoms with van der Waals surface area (Å²) in [5, 5.41) is 9.77. The zero-order valence-electron chi connectivity index (χ0n) is 20.1. The molecule has 0 saturated carbocycles. The predicted molar refractivity (Wildman–Crippen MR) is 130 cm³/mol. The van der Waals surface area contributed by atoms with Gasteiger partial charge in [-0.15, -0.1) is 0 Å². The van der Waals surface area contributed by atoms with Gasteiger partial charge in [0.15, 0.2) is 0 Å². The maximum atomic E-state index is 13.5. The van der Waals surface area contributed by atoms with Crippen molar-refractivity contribution in [1.82, 2.24) is 14.2 Å². The number of benzene rings is 1. The molecule has 0 amide bonds. The summed E-state index contributed by atoms with van der Waals surface area (Å²) < 4.78 is 39.8. The van der Waals surface area contributed by atoms with Crippen molar-refractivity contribution in [2.75, 3.05) is 40.5 Å². The quantitative estimate of drug-likeness (QED) is 0.597. The van der Waals surface area contributed by atoms with Gasteiger partial charge in [0.25, 0.3) is 0 Å². The molecule has 0 aliphatic carbocycles. The van der Waals surface area contributed by atoms with Gasteiger partial charge in [0.2, 0.25) is 10.0 Å². The van der Waals surface area contributed by atoms with Crippen LogP contribution >= 0.6 is 0 Å². The number of methoxy groups -OCH3 is 1. The van der Waals surface area contributed by atoms with E-state index >= 15 is 0 Å². The number of hydrogen-bond acceptors (Lipinski definition) is 7. The Morgan fingerprint density at radius 1 is 1.38 bits per heavy atom. The van der Waals surface area contributed by atoms with Gasteiger partial charge in [0.1, 0.15) is 23.4 Å². The molecule has 184 valence electrons. The van der Waals surface area contributed by atoms with Gasteiger partial charge in [-0.2, -0.15) is 4.31 Å². The summed E-state index contributed by atoms with van der Waals surface area (Å²) in [6.07, 6.45) is 3.29. The number of fused-ring (bicyclic) bond motifs is 1. The van der Waals surface area contributed by atoms with Crippen LogP contribution < -0.4 is 4.74 Å². The standard InChI is InChI=1S/C25H33N3O5S/c1-19-15-28(20(2)18-29)34(30,31)25-10-9-21(8-6-12-32-4)13-23(25)33-24(19)17-27(3)16-22-7-5-11-26-14-22/h5,7,9-11,13-14,19-20,24,29H,12,15-18H2,1-4H3/t19-,20-,24+/m0/s1. The van der Waals surface area contributed by atoms with Crippen molar-refractivity contribution in [3.63, 3.8) is 0 Å². The van der Waals surface area contributed by atoms with Crippen LogP contribution in [0.25, 0.3) is 0 Å². The number of aliphatic hydroxyl groups is 1. The molecule has 1 aromatic heterocycles. The third-order valence-electron chi connectivity index (χ3n) is 5.78. The SMILES string of the molecule is COCC#Cc1ccc2c(c1)O[C@H](CN(C)Cc1cccnc1)[C@@H](C)CN([C@@H](C)CO)S2(=O)=O. The fourth-order valence-corrected chi connectivity index (χ4v) is 5.73. The molecule has 1 N–H and O–H groups in total. The zero-order chi connectivity index (χ0) is 24.7. The van der Waals surface area contributed by atoms with Crippen molar-refractivity contribution in [1.29, 1.82) is 0 Å². The second kappa shape index (κ2) is 11.8. The lowest BCUT2D eigenvalue weighted by molar-refractivity contribution is 0.0733. The van der Waals surface area contributed by atoms with E-state index in [0.29, 0.717) is 18.7 Å². The van der Waals surface area contributed by atoms with Crippen molar-refractivity contribution in [2.45, 2.75) is 37.4 Å². The molecule has 1 aliphatic heterocycles. The molecule has 9 heteroatoms. The molecule has 3 rings (SSSR count). The maximum absolute atomic E-state index is 13.5. The van der Waals surface area contributed by atoms with Crippen LogP contribution in [-0.2, 0) is 21.3 Å². The Kier molecular flexibility index (Phi) is 9.05. The van der Waals surface area contributed by atoms with E-state index in [-0.39, 0.29) is 42.4 Å². The lowest BCUT2D eigenvalue weighted by atomic mass is 10.0. The Morgan fingerprint density at radius 2 is 2.18 bits per heavy atom. The van der Waals surface area contributed by atoms with Crippen LogP contribution in [0.2, 0.25) is 0 Å². The van der Waals surface area contributed by atoms with E-state index in [1.54, 1.807) is 32.4 Å². The first-order valence-electron chi connectivity index (χ1n) is 11.2. The van der Waals surface area contributed by atoms with E-state index in [1.807, 2.05) is 32.3 Å². The van der Waals surface area contributed by atoms with Crippen LogP contribution in [0.4, 0.5) is 0 Å². The van der Waals surface area contributed by atoms with Crippen LogP contribution in [0.3, 0.4) is 0 Å². The van der Waals surface area contributed by atoms with Crippen molar-refractivity contribution >= 4 is 10.0 Å². The average Bonchev–Trinajstić information content (AvgIpc) is 2.81. The first-order valence-corrected chi connectivity index (χ1v) is 12.7. The number of likely N-dealkylation sites (N-methyl/N-ethyl adjacent to an activating group) is 1. The van der Waals surface area contributed by atoms with Crippen LogP contribution in [0, 0.1) is 17.8 Å². The molecule has 1 aliphatic rings. The number of nitrogens with zero attached hydrogens (tertiary/aromatic N) is 3. The summed E-state index contributed by atoms with van der Waals surface area (Å²) in [5.41, 5.74) is 1.72. The molecule has 0 spiro atoms. The number of ether oxygens (including phenoxy) is 2. The summed E-state index contributed by atoms with van der Waals surface area (Å²) in [5.74, 6) is 6.01. The summed E-state index contributed by atoms with van der Waals surface area (Å²) in [6, 6.07) is 8.23. The summed E-state index contributed by atoms with van der Waals surface area (Å²) in [7, 11) is -0.310. The van der Waals surface area contributed by atoms with Crippen molar-refractivity contribution < 1.29 is 23.0 Å². The minimum Gasteiger partial charge on any atom is -0.487 e. The van der Waals surface area contributed by atoms with E-state index in [4.69, 9.17) is 9.47 Å². The van der Waals surface area contributed by atoms with Crippen molar-refractivity contribution in [2.24, 2.45) is 5.92 Å². The van der Waals surface area contributed by atoms with E-state index in [2.05, 4.69) is 21.7 Å². The number of pyridine rings is 1. The second-order valence-electron chi connectivity index (χ2n) is 8.69. The Morgan fingerprint density at radius 3 is 2.85 bits per heavy atom. The Balaban J connectivity index is 1.97. The molecule has 2 heterocycles. The first kappa shape index (κ1) is 26.1. The van der Waals surface area contributed by atoms with Gasteiger partial charge in [0, 0.05) is 56.7 Å². The monoisotopic (exact) mass is 487 g/mol. The molecular formula is C25H33N3O5S. The molecular weight excluding hydrogens is 454 g/mol. The zero-order valence-corrected chi connectivity index (χ0v) is 21.0. The number of rotatable bonds is 7. The third kappa shape index (κ3) is 6.34. The van der Waals surface area contributed by atoms with E-state index < -0.39 is 16.1 Å². The molecule has 8 nitrogen and oxygen atoms in total. The Hall–Kier alpha value is -2.48. The highest BCUT2D eigenvalue weighted by Gasteiger charge is 2.38. The van der Waals surface area contributed by atoms with Crippen molar-refractivity contribution in [3.8, 4) is 17.6 Å². The van der Waals surface area contributed by atoms with Crippen molar-refractivity contribution in [3.05, 3.63) is 53.9 Å². The lowest BCUT2D eigenvalue weighted by Gasteiger charge is -2.37. The van der Waals surface area contributed by atoms with Crippen LogP contribution in [0.15, 0.2) is 47.6 Å². The van der Waals surface area contributed by atoms with Gasteiger partial charge in [-0.3, -0.25) is 9.88 Å². The van der Waals surface area contributed by atoms with Gasteiger partial charge >= 0.3 is 0 Å². The molecule has 34 heavy (non-hydrogen) atoms. The fraction of sp³-hybridized carbons (Fsp3) is 0.480. The van der Waals surface area contributed by atoms with Crippen LogP contribution in [0.1, 0.15) is 25.0 Å².